The molecule has 2 aromatic rings. The molecule has 5 unspecified atom stereocenters. The van der Waals surface area contributed by atoms with Gasteiger partial charge in [0.1, 0.15) is 11.5 Å². The van der Waals surface area contributed by atoms with Gasteiger partial charge in [0, 0.05) is 12.0 Å². The van der Waals surface area contributed by atoms with Crippen LogP contribution in [0.15, 0.2) is 65.6 Å². The lowest BCUT2D eigenvalue weighted by molar-refractivity contribution is -0.220. The number of esters is 2. The Morgan fingerprint density at radius 3 is 2.03 bits per heavy atom. The Labute approximate surface area is 193 Å². The van der Waals surface area contributed by atoms with Crippen molar-refractivity contribution >= 4 is 23.7 Å². The van der Waals surface area contributed by atoms with Gasteiger partial charge < -0.3 is 18.9 Å². The quantitative estimate of drug-likeness (QED) is 0.580. The molecular formula is C25H30O6S. The highest BCUT2D eigenvalue weighted by molar-refractivity contribution is 7.99. The number of rotatable bonds is 6. The number of thioether (sulfide) groups is 1. The molecule has 1 fully saturated rings. The van der Waals surface area contributed by atoms with Gasteiger partial charge in [-0.1, -0.05) is 48.2 Å². The van der Waals surface area contributed by atoms with Crippen molar-refractivity contribution in [3.8, 4) is 0 Å². The predicted octanol–water partition coefficient (Wildman–Crippen LogP) is 4.72. The fourth-order valence-electron chi connectivity index (χ4n) is 3.32. The summed E-state index contributed by atoms with van der Waals surface area (Å²) in [6.07, 6.45) is -2.70. The molecule has 2 aromatic carbocycles. The van der Waals surface area contributed by atoms with E-state index in [-0.39, 0.29) is 5.97 Å². The topological polar surface area (TPSA) is 71.1 Å². The summed E-state index contributed by atoms with van der Waals surface area (Å²) in [6.45, 7) is 7.19. The Bertz CT molecular complexity index is 896. The standard InChI is InChI=1S/C25H30O6S/c1-16-19(30-22(26)17-12-8-6-9-13-17)20(28-5)21(31-24(27)25(2,3)4)23(29-16)32-18-14-10-7-11-15-18/h6-16,19-21,23H,1-5H3. The summed E-state index contributed by atoms with van der Waals surface area (Å²) in [7, 11) is 1.52. The van der Waals surface area contributed by atoms with Crippen LogP contribution in [0.3, 0.4) is 0 Å². The second-order valence-corrected chi connectivity index (χ2v) is 9.87. The predicted molar refractivity (Wildman–Crippen MR) is 122 cm³/mol. The van der Waals surface area contributed by atoms with Gasteiger partial charge in [-0.25, -0.2) is 4.79 Å². The Hall–Kier alpha value is -2.35. The van der Waals surface area contributed by atoms with Crippen LogP contribution < -0.4 is 0 Å². The fraction of sp³-hybridized carbons (Fsp3) is 0.440. The van der Waals surface area contributed by atoms with Crippen molar-refractivity contribution in [1.82, 2.24) is 0 Å². The maximum atomic E-state index is 12.8. The molecule has 0 radical (unpaired) electrons. The first-order valence-corrected chi connectivity index (χ1v) is 11.5. The van der Waals surface area contributed by atoms with E-state index in [2.05, 4.69) is 0 Å². The molecule has 172 valence electrons. The molecule has 0 amide bonds. The molecule has 0 N–H and O–H groups in total. The molecule has 0 aromatic heterocycles. The van der Waals surface area contributed by atoms with Gasteiger partial charge in [-0.05, 0) is 52.0 Å². The van der Waals surface area contributed by atoms with Crippen LogP contribution >= 0.6 is 11.8 Å². The molecule has 1 heterocycles. The number of carbonyl (C=O) groups is 2. The Morgan fingerprint density at radius 2 is 1.47 bits per heavy atom. The van der Waals surface area contributed by atoms with Crippen molar-refractivity contribution in [3.05, 3.63) is 66.2 Å². The molecule has 0 spiro atoms. The highest BCUT2D eigenvalue weighted by atomic mass is 32.2. The molecule has 0 bridgehead atoms. The van der Waals surface area contributed by atoms with E-state index in [1.807, 2.05) is 43.3 Å². The smallest absolute Gasteiger partial charge is 0.338 e. The molecule has 0 aliphatic carbocycles. The van der Waals surface area contributed by atoms with Crippen LogP contribution in [0.25, 0.3) is 0 Å². The third kappa shape index (κ3) is 5.91. The van der Waals surface area contributed by atoms with Crippen LogP contribution in [0.5, 0.6) is 0 Å². The number of ether oxygens (including phenoxy) is 4. The lowest BCUT2D eigenvalue weighted by Gasteiger charge is -2.44. The molecule has 7 heteroatoms. The van der Waals surface area contributed by atoms with Gasteiger partial charge in [-0.15, -0.1) is 0 Å². The zero-order chi connectivity index (χ0) is 23.3. The lowest BCUT2D eigenvalue weighted by Crippen LogP contribution is -2.59. The third-order valence-electron chi connectivity index (χ3n) is 5.10. The van der Waals surface area contributed by atoms with Crippen molar-refractivity contribution in [3.63, 3.8) is 0 Å². The van der Waals surface area contributed by atoms with Crippen LogP contribution in [0.2, 0.25) is 0 Å². The minimum Gasteiger partial charge on any atom is -0.455 e. The lowest BCUT2D eigenvalue weighted by atomic mass is 9.96. The molecular weight excluding hydrogens is 428 g/mol. The van der Waals surface area contributed by atoms with Gasteiger partial charge in [-0.2, -0.15) is 0 Å². The Kier molecular flexibility index (Phi) is 7.98. The first-order valence-electron chi connectivity index (χ1n) is 10.6. The average Bonchev–Trinajstić information content (AvgIpc) is 2.77. The van der Waals surface area contributed by atoms with Gasteiger partial charge in [-0.3, -0.25) is 4.79 Å². The van der Waals surface area contributed by atoms with Gasteiger partial charge in [0.2, 0.25) is 0 Å². The van der Waals surface area contributed by atoms with Crippen LogP contribution in [-0.2, 0) is 23.7 Å². The van der Waals surface area contributed by atoms with Gasteiger partial charge in [0.05, 0.1) is 17.1 Å². The largest absolute Gasteiger partial charge is 0.455 e. The van der Waals surface area contributed by atoms with Crippen molar-refractivity contribution in [2.45, 2.75) is 62.4 Å². The van der Waals surface area contributed by atoms with Crippen LogP contribution in [0.1, 0.15) is 38.1 Å². The molecule has 3 rings (SSSR count). The van der Waals surface area contributed by atoms with E-state index in [0.717, 1.165) is 4.90 Å². The van der Waals surface area contributed by atoms with Gasteiger partial charge in [0.25, 0.3) is 0 Å². The molecule has 6 nitrogen and oxygen atoms in total. The fourth-order valence-corrected chi connectivity index (χ4v) is 4.48. The van der Waals surface area contributed by atoms with Crippen molar-refractivity contribution in [2.24, 2.45) is 5.41 Å². The minimum absolute atomic E-state index is 0.380. The van der Waals surface area contributed by atoms with Crippen LogP contribution in [0.4, 0.5) is 0 Å². The number of methoxy groups -OCH3 is 1. The zero-order valence-electron chi connectivity index (χ0n) is 19.0. The van der Waals surface area contributed by atoms with Crippen LogP contribution in [0, 0.1) is 5.41 Å². The minimum atomic E-state index is -0.776. The van der Waals surface area contributed by atoms with Crippen molar-refractivity contribution in [2.75, 3.05) is 7.11 Å². The van der Waals surface area contributed by atoms with E-state index in [9.17, 15) is 9.59 Å². The Morgan fingerprint density at radius 1 is 0.875 bits per heavy atom. The van der Waals surface area contributed by atoms with E-state index >= 15 is 0 Å². The van der Waals surface area contributed by atoms with E-state index in [0.29, 0.717) is 5.56 Å². The van der Waals surface area contributed by atoms with Crippen molar-refractivity contribution < 1.29 is 28.5 Å². The molecule has 0 saturated carbocycles. The molecule has 5 atom stereocenters. The average molecular weight is 459 g/mol. The number of benzene rings is 2. The third-order valence-corrected chi connectivity index (χ3v) is 6.26. The van der Waals surface area contributed by atoms with Gasteiger partial charge in [0.15, 0.2) is 12.2 Å². The summed E-state index contributed by atoms with van der Waals surface area (Å²) >= 11 is 1.45. The highest BCUT2D eigenvalue weighted by Crippen LogP contribution is 2.38. The first kappa shape index (κ1) is 24.3. The van der Waals surface area contributed by atoms with E-state index in [4.69, 9.17) is 18.9 Å². The molecule has 1 aliphatic heterocycles. The highest BCUT2D eigenvalue weighted by Gasteiger charge is 2.50. The van der Waals surface area contributed by atoms with Crippen LogP contribution in [-0.4, -0.2) is 48.9 Å². The van der Waals surface area contributed by atoms with E-state index in [1.165, 1.54) is 18.9 Å². The molecule has 32 heavy (non-hydrogen) atoms. The zero-order valence-corrected chi connectivity index (χ0v) is 19.8. The number of carbonyl (C=O) groups excluding carboxylic acids is 2. The maximum Gasteiger partial charge on any atom is 0.338 e. The first-order chi connectivity index (χ1) is 15.2. The van der Waals surface area contributed by atoms with E-state index < -0.39 is 41.2 Å². The Balaban J connectivity index is 1.87. The number of hydrogen-bond donors (Lipinski definition) is 0. The second-order valence-electron chi connectivity index (χ2n) is 8.70. The number of hydrogen-bond acceptors (Lipinski definition) is 7. The second kappa shape index (κ2) is 10.5. The summed E-state index contributed by atoms with van der Waals surface area (Å²) in [5, 5.41) is 0. The molecule has 1 aliphatic rings. The van der Waals surface area contributed by atoms with Gasteiger partial charge >= 0.3 is 11.9 Å². The summed E-state index contributed by atoms with van der Waals surface area (Å²) < 4.78 is 23.7. The maximum absolute atomic E-state index is 12.8. The summed E-state index contributed by atoms with van der Waals surface area (Å²) in [4.78, 5) is 26.5. The molecule has 1 saturated heterocycles. The normalized spacial score (nSPS) is 25.7. The summed E-state index contributed by atoms with van der Waals surface area (Å²) in [5.74, 6) is -0.863. The SMILES string of the molecule is COC1C(OC(=O)c2ccccc2)C(C)OC(Sc2ccccc2)C1OC(=O)C(C)(C)C. The summed E-state index contributed by atoms with van der Waals surface area (Å²) in [5.41, 5.74) is -0.812. The monoisotopic (exact) mass is 458 g/mol. The summed E-state index contributed by atoms with van der Waals surface area (Å²) in [6, 6.07) is 18.5. The van der Waals surface area contributed by atoms with Crippen molar-refractivity contribution in [1.29, 1.82) is 0 Å². The van der Waals surface area contributed by atoms with E-state index in [1.54, 1.807) is 45.0 Å².